The molecule has 3 rings (SSSR count). The first-order valence-electron chi connectivity index (χ1n) is 5.64. The van der Waals surface area contributed by atoms with Gasteiger partial charge in [0.15, 0.2) is 0 Å². The van der Waals surface area contributed by atoms with Gasteiger partial charge in [0.1, 0.15) is 0 Å². The molecule has 15 heavy (non-hydrogen) atoms. The molecule has 0 radical (unpaired) electrons. The minimum Gasteiger partial charge on any atom is -0.387 e. The highest BCUT2D eigenvalue weighted by molar-refractivity contribution is 9.11. The van der Waals surface area contributed by atoms with E-state index in [9.17, 15) is 5.11 Å². The topological polar surface area (TPSA) is 20.2 Å². The smallest absolute Gasteiger partial charge is 0.0953 e. The van der Waals surface area contributed by atoms with Crippen LogP contribution in [0.3, 0.4) is 0 Å². The van der Waals surface area contributed by atoms with E-state index in [1.807, 2.05) is 0 Å². The molecule has 1 saturated carbocycles. The minimum atomic E-state index is -0.348. The summed E-state index contributed by atoms with van der Waals surface area (Å²) in [7, 11) is 0. The summed E-state index contributed by atoms with van der Waals surface area (Å²) in [4.78, 5) is 0. The maximum atomic E-state index is 10.4. The first kappa shape index (κ1) is 9.86. The van der Waals surface area contributed by atoms with Gasteiger partial charge in [0.25, 0.3) is 0 Å². The second-order valence-corrected chi connectivity index (χ2v) is 5.85. The van der Waals surface area contributed by atoms with Gasteiger partial charge in [-0.1, -0.05) is 59.2 Å². The molecule has 0 heterocycles. The Balaban J connectivity index is 2.17. The van der Waals surface area contributed by atoms with Gasteiger partial charge in [0.2, 0.25) is 0 Å². The summed E-state index contributed by atoms with van der Waals surface area (Å²) in [6.07, 6.45) is 15.4. The Labute approximate surface area is 98.7 Å². The molecule has 0 bridgehead atoms. The Morgan fingerprint density at radius 1 is 1.20 bits per heavy atom. The van der Waals surface area contributed by atoms with Gasteiger partial charge in [0, 0.05) is 15.3 Å². The molecule has 0 saturated heterocycles. The number of rotatable bonds is 0. The lowest BCUT2D eigenvalue weighted by Crippen LogP contribution is -2.45. The average Bonchev–Trinajstić information content (AvgIpc) is 2.49. The summed E-state index contributed by atoms with van der Waals surface area (Å²) in [6, 6.07) is 0. The zero-order valence-corrected chi connectivity index (χ0v) is 10.2. The molecule has 0 spiro atoms. The summed E-state index contributed by atoms with van der Waals surface area (Å²) < 4.78 is 0.973. The molecule has 1 N–H and O–H groups in total. The van der Waals surface area contributed by atoms with Crippen LogP contribution >= 0.6 is 15.9 Å². The number of allylic oxidation sites excluding steroid dienone is 4. The fourth-order valence-corrected chi connectivity index (χ4v) is 4.36. The number of aliphatic hydroxyl groups excluding tert-OH is 1. The van der Waals surface area contributed by atoms with Crippen molar-refractivity contribution in [3.63, 3.8) is 0 Å². The average molecular weight is 267 g/mol. The van der Waals surface area contributed by atoms with E-state index in [1.54, 1.807) is 0 Å². The molecule has 0 aromatic heterocycles. The quantitative estimate of drug-likeness (QED) is 0.714. The Morgan fingerprint density at radius 3 is 2.73 bits per heavy atom. The molecule has 0 aromatic carbocycles. The molecular weight excluding hydrogens is 252 g/mol. The standard InChI is InChI=1S/C13H15BrO/c14-10-9-12-5-1-3-7-13(12,11(10)15)8-4-2-6-12/h1,3,5,7,9,11,15H,2,4,6,8H2/t11-,12-,13+/m1/s1. The number of halogens is 1. The van der Waals surface area contributed by atoms with Gasteiger partial charge < -0.3 is 5.11 Å². The maximum Gasteiger partial charge on any atom is 0.0953 e. The highest BCUT2D eigenvalue weighted by atomic mass is 79.9. The predicted molar refractivity (Wildman–Crippen MR) is 64.6 cm³/mol. The molecule has 1 fully saturated rings. The monoisotopic (exact) mass is 266 g/mol. The van der Waals surface area contributed by atoms with Crippen LogP contribution in [0, 0.1) is 10.8 Å². The van der Waals surface area contributed by atoms with Gasteiger partial charge in [-0.25, -0.2) is 0 Å². The molecule has 0 amide bonds. The Hall–Kier alpha value is -0.340. The molecule has 0 aromatic rings. The summed E-state index contributed by atoms with van der Waals surface area (Å²) in [5.41, 5.74) is 0.0249. The van der Waals surface area contributed by atoms with Gasteiger partial charge in [0.05, 0.1) is 6.10 Å². The van der Waals surface area contributed by atoms with Gasteiger partial charge >= 0.3 is 0 Å². The van der Waals surface area contributed by atoms with Crippen LogP contribution in [0.4, 0.5) is 0 Å². The van der Waals surface area contributed by atoms with Crippen LogP contribution in [-0.2, 0) is 0 Å². The zero-order chi connectivity index (χ0) is 10.5. The molecule has 0 aliphatic heterocycles. The first-order valence-corrected chi connectivity index (χ1v) is 6.43. The highest BCUT2D eigenvalue weighted by Crippen LogP contribution is 2.63. The maximum absolute atomic E-state index is 10.4. The van der Waals surface area contributed by atoms with Crippen molar-refractivity contribution < 1.29 is 5.11 Å². The number of hydrogen-bond acceptors (Lipinski definition) is 1. The summed E-state index contributed by atoms with van der Waals surface area (Å²) >= 11 is 3.52. The normalized spacial score (nSPS) is 47.3. The van der Waals surface area contributed by atoms with Crippen LogP contribution in [0.15, 0.2) is 34.9 Å². The van der Waals surface area contributed by atoms with E-state index in [-0.39, 0.29) is 16.9 Å². The van der Waals surface area contributed by atoms with Crippen molar-refractivity contribution in [3.05, 3.63) is 34.9 Å². The SMILES string of the molecule is O[C@@H]1C(Br)=C[C@]23C=CC=C[C@]12CCCC3. The van der Waals surface area contributed by atoms with E-state index < -0.39 is 0 Å². The Bertz CT molecular complexity index is 382. The molecule has 3 aliphatic carbocycles. The van der Waals surface area contributed by atoms with E-state index in [2.05, 4.69) is 46.3 Å². The van der Waals surface area contributed by atoms with Crippen LogP contribution in [0.2, 0.25) is 0 Å². The minimum absolute atomic E-state index is 0.0567. The fraction of sp³-hybridized carbons (Fsp3) is 0.538. The van der Waals surface area contributed by atoms with Crippen LogP contribution in [-0.4, -0.2) is 11.2 Å². The number of hydrogen-bond donors (Lipinski definition) is 1. The molecule has 2 heteroatoms. The van der Waals surface area contributed by atoms with Crippen molar-refractivity contribution in [1.29, 1.82) is 0 Å². The predicted octanol–water partition coefficient (Wildman–Crippen LogP) is 3.31. The second-order valence-electron chi connectivity index (χ2n) is 4.94. The summed E-state index contributed by atoms with van der Waals surface area (Å²) in [5, 5.41) is 10.4. The lowest BCUT2D eigenvalue weighted by atomic mass is 9.55. The molecule has 1 nitrogen and oxygen atoms in total. The van der Waals surface area contributed by atoms with E-state index >= 15 is 0 Å². The first-order chi connectivity index (χ1) is 7.20. The Morgan fingerprint density at radius 2 is 1.93 bits per heavy atom. The third kappa shape index (κ3) is 1.07. The summed E-state index contributed by atoms with van der Waals surface area (Å²) in [6.45, 7) is 0. The van der Waals surface area contributed by atoms with Crippen molar-refractivity contribution in [2.75, 3.05) is 0 Å². The third-order valence-electron chi connectivity index (χ3n) is 4.34. The third-order valence-corrected chi connectivity index (χ3v) is 5.00. The van der Waals surface area contributed by atoms with E-state index in [0.717, 1.165) is 10.9 Å². The summed E-state index contributed by atoms with van der Waals surface area (Å²) in [5.74, 6) is 0. The van der Waals surface area contributed by atoms with Crippen molar-refractivity contribution in [2.24, 2.45) is 10.8 Å². The van der Waals surface area contributed by atoms with Crippen molar-refractivity contribution in [1.82, 2.24) is 0 Å². The highest BCUT2D eigenvalue weighted by Gasteiger charge is 2.57. The zero-order valence-electron chi connectivity index (χ0n) is 8.62. The molecule has 0 unspecified atom stereocenters. The van der Waals surface area contributed by atoms with E-state index in [4.69, 9.17) is 0 Å². The second kappa shape index (κ2) is 3.08. The molecule has 80 valence electrons. The van der Waals surface area contributed by atoms with Gasteiger partial charge in [-0.15, -0.1) is 0 Å². The molecule has 3 atom stereocenters. The van der Waals surface area contributed by atoms with E-state index in [0.29, 0.717) is 0 Å². The molecule has 3 aliphatic rings. The van der Waals surface area contributed by atoms with Crippen molar-refractivity contribution in [3.8, 4) is 0 Å². The Kier molecular flexibility index (Phi) is 2.02. The van der Waals surface area contributed by atoms with Crippen LogP contribution < -0.4 is 0 Å². The van der Waals surface area contributed by atoms with Crippen LogP contribution in [0.25, 0.3) is 0 Å². The van der Waals surface area contributed by atoms with Crippen LogP contribution in [0.5, 0.6) is 0 Å². The van der Waals surface area contributed by atoms with Gasteiger partial charge in [-0.05, 0) is 12.8 Å². The largest absolute Gasteiger partial charge is 0.387 e. The van der Waals surface area contributed by atoms with Gasteiger partial charge in [-0.2, -0.15) is 0 Å². The molecular formula is C13H15BrO. The van der Waals surface area contributed by atoms with Crippen molar-refractivity contribution >= 4 is 15.9 Å². The van der Waals surface area contributed by atoms with Gasteiger partial charge in [-0.3, -0.25) is 0 Å². The number of aliphatic hydroxyl groups is 1. The van der Waals surface area contributed by atoms with Crippen molar-refractivity contribution in [2.45, 2.75) is 31.8 Å². The van der Waals surface area contributed by atoms with Crippen LogP contribution in [0.1, 0.15) is 25.7 Å². The van der Waals surface area contributed by atoms with E-state index in [1.165, 1.54) is 19.3 Å². The lowest BCUT2D eigenvalue weighted by Gasteiger charge is -2.49. The fourth-order valence-electron chi connectivity index (χ4n) is 3.54. The lowest BCUT2D eigenvalue weighted by molar-refractivity contribution is 0.0170.